The molecule has 0 saturated carbocycles. The van der Waals surface area contributed by atoms with Gasteiger partial charge >= 0.3 is 0 Å². The lowest BCUT2D eigenvalue weighted by molar-refractivity contribution is 0.318. The molecule has 1 aromatic carbocycles. The molecule has 0 atom stereocenters. The van der Waals surface area contributed by atoms with Crippen LogP contribution < -0.4 is 16.0 Å². The first kappa shape index (κ1) is 21.2. The summed E-state index contributed by atoms with van der Waals surface area (Å²) >= 11 is 1.64. The highest BCUT2D eigenvalue weighted by atomic mass is 32.1. The molecule has 0 aliphatic carbocycles. The fraction of sp³-hybridized carbons (Fsp3) is 0.364. The SMILES string of the molecule is CNc1cncc(-c2ccc3nc(NCNCCc4noc(C(C)(C)C)n4)sc3c2)c1. The predicted octanol–water partition coefficient (Wildman–Crippen LogP) is 4.28. The van der Waals surface area contributed by atoms with E-state index in [4.69, 9.17) is 4.52 Å². The predicted molar refractivity (Wildman–Crippen MR) is 126 cm³/mol. The Morgan fingerprint density at radius 3 is 2.71 bits per heavy atom. The van der Waals surface area contributed by atoms with E-state index in [-0.39, 0.29) is 5.41 Å². The molecule has 0 spiro atoms. The Morgan fingerprint density at radius 1 is 1.06 bits per heavy atom. The Kier molecular flexibility index (Phi) is 6.15. The lowest BCUT2D eigenvalue weighted by Crippen LogP contribution is -2.24. The van der Waals surface area contributed by atoms with Crippen molar-refractivity contribution < 1.29 is 4.52 Å². The minimum Gasteiger partial charge on any atom is -0.387 e. The minimum absolute atomic E-state index is 0.126. The van der Waals surface area contributed by atoms with Crippen molar-refractivity contribution in [1.29, 1.82) is 0 Å². The molecule has 0 unspecified atom stereocenters. The zero-order valence-electron chi connectivity index (χ0n) is 18.2. The molecule has 3 aromatic heterocycles. The Morgan fingerprint density at radius 2 is 1.94 bits per heavy atom. The Bertz CT molecular complexity index is 1160. The van der Waals surface area contributed by atoms with Gasteiger partial charge in [-0.25, -0.2) is 4.98 Å². The first-order valence-corrected chi connectivity index (χ1v) is 11.1. The second-order valence-electron chi connectivity index (χ2n) is 8.28. The van der Waals surface area contributed by atoms with Gasteiger partial charge in [0.1, 0.15) is 0 Å². The average molecular weight is 438 g/mol. The summed E-state index contributed by atoms with van der Waals surface area (Å²) in [4.78, 5) is 13.4. The van der Waals surface area contributed by atoms with E-state index in [1.165, 1.54) is 0 Å². The fourth-order valence-electron chi connectivity index (χ4n) is 3.00. The van der Waals surface area contributed by atoms with Gasteiger partial charge in [0.05, 0.1) is 22.6 Å². The van der Waals surface area contributed by atoms with Gasteiger partial charge in [-0.05, 0) is 23.8 Å². The van der Waals surface area contributed by atoms with Crippen molar-refractivity contribution in [1.82, 2.24) is 25.4 Å². The van der Waals surface area contributed by atoms with Gasteiger partial charge in [0.2, 0.25) is 5.89 Å². The average Bonchev–Trinajstić information content (AvgIpc) is 3.39. The summed E-state index contributed by atoms with van der Waals surface area (Å²) in [5.74, 6) is 1.39. The topological polar surface area (TPSA) is 101 Å². The standard InChI is InChI=1S/C22H27N7OS/c1-22(2,3)20-28-19(29-30-20)7-8-24-13-26-21-27-17-6-5-14(10-18(17)31-21)15-9-16(23-4)12-25-11-15/h5-6,9-12,23-24H,7-8,13H2,1-4H3,(H,26,27). The minimum atomic E-state index is -0.126. The second-order valence-corrected chi connectivity index (χ2v) is 9.31. The van der Waals surface area contributed by atoms with Crippen LogP contribution in [-0.4, -0.2) is 40.4 Å². The van der Waals surface area contributed by atoms with E-state index >= 15 is 0 Å². The van der Waals surface area contributed by atoms with Crippen molar-refractivity contribution in [3.8, 4) is 11.1 Å². The van der Waals surface area contributed by atoms with Crippen LogP contribution in [-0.2, 0) is 11.8 Å². The van der Waals surface area contributed by atoms with E-state index in [0.29, 0.717) is 19.0 Å². The van der Waals surface area contributed by atoms with E-state index in [2.05, 4.69) is 81.1 Å². The molecular formula is C22H27N7OS. The fourth-order valence-corrected chi connectivity index (χ4v) is 3.90. The first-order valence-electron chi connectivity index (χ1n) is 10.2. The molecule has 0 aliphatic heterocycles. The number of pyridine rings is 1. The monoisotopic (exact) mass is 437 g/mol. The van der Waals surface area contributed by atoms with Crippen molar-refractivity contribution in [3.05, 3.63) is 48.4 Å². The van der Waals surface area contributed by atoms with Crippen LogP contribution in [0.4, 0.5) is 10.8 Å². The maximum Gasteiger partial charge on any atom is 0.232 e. The molecule has 0 amide bonds. The van der Waals surface area contributed by atoms with E-state index in [1.54, 1.807) is 11.3 Å². The van der Waals surface area contributed by atoms with Crippen LogP contribution in [0.25, 0.3) is 21.3 Å². The number of nitrogens with zero attached hydrogens (tertiary/aromatic N) is 4. The van der Waals surface area contributed by atoms with Crippen molar-refractivity contribution in [3.63, 3.8) is 0 Å². The smallest absolute Gasteiger partial charge is 0.232 e. The van der Waals surface area contributed by atoms with E-state index in [0.717, 1.165) is 44.5 Å². The summed E-state index contributed by atoms with van der Waals surface area (Å²) in [6.07, 6.45) is 4.40. The van der Waals surface area contributed by atoms with Gasteiger partial charge in [0.25, 0.3) is 0 Å². The lowest BCUT2D eigenvalue weighted by Gasteiger charge is -2.10. The quantitative estimate of drug-likeness (QED) is 0.277. The van der Waals surface area contributed by atoms with Crippen LogP contribution in [0.5, 0.6) is 0 Å². The van der Waals surface area contributed by atoms with Crippen molar-refractivity contribution in [2.75, 3.05) is 30.9 Å². The molecule has 8 nitrogen and oxygen atoms in total. The van der Waals surface area contributed by atoms with Crippen molar-refractivity contribution in [2.45, 2.75) is 32.6 Å². The summed E-state index contributed by atoms with van der Waals surface area (Å²) in [5.41, 5.74) is 4.05. The van der Waals surface area contributed by atoms with Crippen LogP contribution in [0.15, 0.2) is 41.2 Å². The first-order chi connectivity index (χ1) is 14.9. The zero-order chi connectivity index (χ0) is 21.8. The number of benzene rings is 1. The molecular weight excluding hydrogens is 410 g/mol. The molecule has 3 N–H and O–H groups in total. The van der Waals surface area contributed by atoms with Gasteiger partial charge in [0, 0.05) is 43.4 Å². The summed E-state index contributed by atoms with van der Waals surface area (Å²) in [7, 11) is 1.89. The van der Waals surface area contributed by atoms with Gasteiger partial charge < -0.3 is 15.2 Å². The molecule has 3 heterocycles. The number of nitrogens with one attached hydrogen (secondary N) is 3. The van der Waals surface area contributed by atoms with Crippen LogP contribution in [0, 0.1) is 0 Å². The Hall–Kier alpha value is -3.04. The largest absolute Gasteiger partial charge is 0.387 e. The van der Waals surface area contributed by atoms with Gasteiger partial charge in [-0.1, -0.05) is 43.3 Å². The Labute approximate surface area is 185 Å². The number of hydrogen-bond donors (Lipinski definition) is 3. The molecule has 9 heteroatoms. The molecule has 4 aromatic rings. The lowest BCUT2D eigenvalue weighted by atomic mass is 9.97. The highest BCUT2D eigenvalue weighted by Gasteiger charge is 2.21. The maximum atomic E-state index is 5.32. The third-order valence-electron chi connectivity index (χ3n) is 4.75. The number of thiazole rings is 1. The third kappa shape index (κ3) is 5.18. The number of aromatic nitrogens is 4. The summed E-state index contributed by atoms with van der Waals surface area (Å²) < 4.78 is 6.46. The van der Waals surface area contributed by atoms with Crippen LogP contribution >= 0.6 is 11.3 Å². The number of fused-ring (bicyclic) bond motifs is 1. The highest BCUT2D eigenvalue weighted by molar-refractivity contribution is 7.22. The van der Waals surface area contributed by atoms with Gasteiger partial charge in [-0.15, -0.1) is 0 Å². The van der Waals surface area contributed by atoms with E-state index in [1.807, 2.05) is 19.4 Å². The number of hydrogen-bond acceptors (Lipinski definition) is 9. The zero-order valence-corrected chi connectivity index (χ0v) is 19.0. The molecule has 162 valence electrons. The highest BCUT2D eigenvalue weighted by Crippen LogP contribution is 2.30. The van der Waals surface area contributed by atoms with Gasteiger partial charge in [-0.3, -0.25) is 10.3 Å². The maximum absolute atomic E-state index is 5.32. The number of rotatable bonds is 8. The number of anilines is 2. The summed E-state index contributed by atoms with van der Waals surface area (Å²) in [5, 5.41) is 14.7. The molecule has 0 saturated heterocycles. The molecule has 0 aliphatic rings. The van der Waals surface area contributed by atoms with Gasteiger partial charge in [0.15, 0.2) is 11.0 Å². The normalized spacial score (nSPS) is 11.7. The third-order valence-corrected chi connectivity index (χ3v) is 5.72. The molecule has 4 rings (SSSR count). The Balaban J connectivity index is 1.31. The molecule has 31 heavy (non-hydrogen) atoms. The molecule has 0 bridgehead atoms. The van der Waals surface area contributed by atoms with Crippen LogP contribution in [0.2, 0.25) is 0 Å². The summed E-state index contributed by atoms with van der Waals surface area (Å²) in [6, 6.07) is 8.38. The van der Waals surface area contributed by atoms with E-state index < -0.39 is 0 Å². The molecule has 0 fully saturated rings. The van der Waals surface area contributed by atoms with Crippen LogP contribution in [0.1, 0.15) is 32.5 Å². The van der Waals surface area contributed by atoms with Gasteiger partial charge in [-0.2, -0.15) is 4.98 Å². The summed E-state index contributed by atoms with van der Waals surface area (Å²) in [6.45, 7) is 7.54. The second kappa shape index (κ2) is 8.99. The van der Waals surface area contributed by atoms with Crippen molar-refractivity contribution >= 4 is 32.4 Å². The molecule has 0 radical (unpaired) electrons. The van der Waals surface area contributed by atoms with Crippen molar-refractivity contribution in [2.24, 2.45) is 0 Å². The van der Waals surface area contributed by atoms with Crippen LogP contribution in [0.3, 0.4) is 0 Å². The van der Waals surface area contributed by atoms with E-state index in [9.17, 15) is 0 Å².